The van der Waals surface area contributed by atoms with Crippen molar-refractivity contribution >= 4 is 23.8 Å². The molecule has 1 fully saturated rings. The van der Waals surface area contributed by atoms with Crippen molar-refractivity contribution in [2.24, 2.45) is 4.99 Å². The SMILES string of the molecule is CN(C)C=Nc1ccc2c(c1C#N)OC[C@H]1CN2CCN1C(=O)OC(C)(C)C. The van der Waals surface area contributed by atoms with E-state index in [0.29, 0.717) is 43.2 Å². The van der Waals surface area contributed by atoms with Crippen LogP contribution in [0.2, 0.25) is 0 Å². The fourth-order valence-electron chi connectivity index (χ4n) is 3.31. The molecule has 2 bridgehead atoms. The lowest BCUT2D eigenvalue weighted by Crippen LogP contribution is -2.57. The number of hydrogen-bond donors (Lipinski definition) is 0. The van der Waals surface area contributed by atoms with E-state index < -0.39 is 5.60 Å². The maximum absolute atomic E-state index is 12.6. The Morgan fingerprint density at radius 3 is 2.79 bits per heavy atom. The third kappa shape index (κ3) is 4.14. The minimum absolute atomic E-state index is 0.142. The summed E-state index contributed by atoms with van der Waals surface area (Å²) in [6, 6.07) is 5.86. The molecule has 0 spiro atoms. The van der Waals surface area contributed by atoms with Gasteiger partial charge in [0.05, 0.1) is 23.8 Å². The lowest BCUT2D eigenvalue weighted by molar-refractivity contribution is 0.00975. The minimum atomic E-state index is -0.546. The van der Waals surface area contributed by atoms with Gasteiger partial charge in [-0.3, -0.25) is 4.90 Å². The van der Waals surface area contributed by atoms with E-state index in [9.17, 15) is 10.1 Å². The minimum Gasteiger partial charge on any atom is -0.488 e. The largest absolute Gasteiger partial charge is 0.488 e. The van der Waals surface area contributed by atoms with Crippen LogP contribution in [0.15, 0.2) is 17.1 Å². The first-order valence-electron chi connectivity index (χ1n) is 9.34. The van der Waals surface area contributed by atoms with Crippen LogP contribution in [0.3, 0.4) is 0 Å². The molecule has 2 aliphatic heterocycles. The molecule has 1 aromatic carbocycles. The van der Waals surface area contributed by atoms with Crippen LogP contribution < -0.4 is 9.64 Å². The van der Waals surface area contributed by atoms with Crippen LogP contribution in [0, 0.1) is 11.3 Å². The Kier molecular flexibility index (Phi) is 5.36. The second-order valence-corrected chi connectivity index (χ2v) is 8.21. The van der Waals surface area contributed by atoms with Crippen LogP contribution in [-0.2, 0) is 4.74 Å². The molecular formula is C20H27N5O3. The van der Waals surface area contributed by atoms with E-state index >= 15 is 0 Å². The van der Waals surface area contributed by atoms with Crippen molar-refractivity contribution in [3.63, 3.8) is 0 Å². The number of nitriles is 1. The van der Waals surface area contributed by atoms with Gasteiger partial charge in [-0.05, 0) is 32.9 Å². The zero-order valence-electron chi connectivity index (χ0n) is 17.1. The lowest BCUT2D eigenvalue weighted by Gasteiger charge is -2.40. The summed E-state index contributed by atoms with van der Waals surface area (Å²) in [7, 11) is 3.74. The highest BCUT2D eigenvalue weighted by Gasteiger charge is 2.37. The molecule has 0 aromatic heterocycles. The fourth-order valence-corrected chi connectivity index (χ4v) is 3.31. The first-order chi connectivity index (χ1) is 13.2. The second kappa shape index (κ2) is 7.58. The summed E-state index contributed by atoms with van der Waals surface area (Å²) in [6.45, 7) is 7.71. The number of benzene rings is 1. The predicted octanol–water partition coefficient (Wildman–Crippen LogP) is 2.60. The average molecular weight is 385 g/mol. The van der Waals surface area contributed by atoms with Gasteiger partial charge in [0.1, 0.15) is 23.8 Å². The predicted molar refractivity (Wildman–Crippen MR) is 107 cm³/mol. The maximum atomic E-state index is 12.6. The van der Waals surface area contributed by atoms with Crippen LogP contribution in [0.1, 0.15) is 26.3 Å². The van der Waals surface area contributed by atoms with Crippen LogP contribution in [0.25, 0.3) is 0 Å². The van der Waals surface area contributed by atoms with E-state index in [1.807, 2.05) is 51.9 Å². The van der Waals surface area contributed by atoms with Crippen molar-refractivity contribution in [1.29, 1.82) is 5.26 Å². The highest BCUT2D eigenvalue weighted by atomic mass is 16.6. The molecule has 1 atom stereocenters. The Labute approximate surface area is 165 Å². The topological polar surface area (TPSA) is 81.4 Å². The summed E-state index contributed by atoms with van der Waals surface area (Å²) >= 11 is 0. The number of ether oxygens (including phenoxy) is 2. The Morgan fingerprint density at radius 2 is 2.14 bits per heavy atom. The van der Waals surface area contributed by atoms with Crippen molar-refractivity contribution in [2.75, 3.05) is 45.2 Å². The normalized spacial score (nSPS) is 18.8. The van der Waals surface area contributed by atoms with Crippen molar-refractivity contribution in [2.45, 2.75) is 32.4 Å². The molecule has 1 amide bonds. The fraction of sp³-hybridized carbons (Fsp3) is 0.550. The number of fused-ring (bicyclic) bond motifs is 4. The number of anilines is 1. The Morgan fingerprint density at radius 1 is 1.39 bits per heavy atom. The highest BCUT2D eigenvalue weighted by molar-refractivity contribution is 5.76. The van der Waals surface area contributed by atoms with E-state index in [4.69, 9.17) is 9.47 Å². The summed E-state index contributed by atoms with van der Waals surface area (Å²) in [6.07, 6.45) is 1.32. The van der Waals surface area contributed by atoms with Gasteiger partial charge in [-0.1, -0.05) is 0 Å². The monoisotopic (exact) mass is 385 g/mol. The van der Waals surface area contributed by atoms with Gasteiger partial charge >= 0.3 is 6.09 Å². The molecule has 1 saturated heterocycles. The Bertz CT molecular complexity index is 822. The van der Waals surface area contributed by atoms with Gasteiger partial charge in [0.2, 0.25) is 0 Å². The third-order valence-corrected chi connectivity index (χ3v) is 4.53. The smallest absolute Gasteiger partial charge is 0.410 e. The van der Waals surface area contributed by atoms with Gasteiger partial charge < -0.3 is 19.3 Å². The van der Waals surface area contributed by atoms with E-state index in [1.165, 1.54) is 0 Å². The molecule has 0 N–H and O–H groups in total. The molecular weight excluding hydrogens is 358 g/mol. The second-order valence-electron chi connectivity index (χ2n) is 8.21. The molecule has 2 heterocycles. The number of amides is 1. The molecule has 1 aromatic rings. The van der Waals surface area contributed by atoms with Gasteiger partial charge in [0.15, 0.2) is 5.75 Å². The quantitative estimate of drug-likeness (QED) is 0.575. The van der Waals surface area contributed by atoms with E-state index in [0.717, 1.165) is 5.69 Å². The zero-order valence-corrected chi connectivity index (χ0v) is 17.1. The van der Waals surface area contributed by atoms with Gasteiger partial charge in [-0.25, -0.2) is 9.79 Å². The van der Waals surface area contributed by atoms with Crippen molar-refractivity contribution in [3.8, 4) is 11.8 Å². The molecule has 2 aliphatic rings. The number of nitrogens with zero attached hydrogens (tertiary/aromatic N) is 5. The van der Waals surface area contributed by atoms with Gasteiger partial charge in [0, 0.05) is 33.7 Å². The molecule has 8 heteroatoms. The number of hydrogen-bond acceptors (Lipinski definition) is 6. The first kappa shape index (κ1) is 19.8. The number of rotatable bonds is 2. The average Bonchev–Trinajstić information content (AvgIpc) is 2.75. The summed E-state index contributed by atoms with van der Waals surface area (Å²) < 4.78 is 11.6. The van der Waals surface area contributed by atoms with E-state index in [2.05, 4.69) is 16.0 Å². The van der Waals surface area contributed by atoms with Crippen LogP contribution >= 0.6 is 0 Å². The van der Waals surface area contributed by atoms with Gasteiger partial charge in [-0.2, -0.15) is 5.26 Å². The molecule has 0 radical (unpaired) electrons. The Hall–Kier alpha value is -2.95. The van der Waals surface area contributed by atoms with Crippen LogP contribution in [0.5, 0.6) is 5.75 Å². The highest BCUT2D eigenvalue weighted by Crippen LogP contribution is 2.40. The summed E-state index contributed by atoms with van der Waals surface area (Å²) in [5, 5.41) is 9.72. The number of carbonyl (C=O) groups is 1. The Balaban J connectivity index is 1.88. The van der Waals surface area contributed by atoms with Gasteiger partial charge in [-0.15, -0.1) is 0 Å². The summed E-state index contributed by atoms with van der Waals surface area (Å²) in [4.78, 5) is 22.7. The number of piperazine rings is 1. The van der Waals surface area contributed by atoms with Crippen molar-refractivity contribution < 1.29 is 14.3 Å². The zero-order chi connectivity index (χ0) is 20.5. The van der Waals surface area contributed by atoms with Gasteiger partial charge in [0.25, 0.3) is 0 Å². The molecule has 3 rings (SSSR count). The molecule has 0 saturated carbocycles. The first-order valence-corrected chi connectivity index (χ1v) is 9.34. The van der Waals surface area contributed by atoms with Crippen molar-refractivity contribution in [3.05, 3.63) is 17.7 Å². The van der Waals surface area contributed by atoms with E-state index in [-0.39, 0.29) is 12.1 Å². The number of carbonyl (C=O) groups excluding carboxylic acids is 1. The summed E-state index contributed by atoms with van der Waals surface area (Å²) in [5.41, 5.74) is 1.30. The molecule has 28 heavy (non-hydrogen) atoms. The summed E-state index contributed by atoms with van der Waals surface area (Å²) in [5.74, 6) is 0.532. The molecule has 0 aliphatic carbocycles. The van der Waals surface area contributed by atoms with Crippen LogP contribution in [-0.4, -0.2) is 74.2 Å². The third-order valence-electron chi connectivity index (χ3n) is 4.53. The molecule has 0 unspecified atom stereocenters. The standard InChI is InChI=1S/C20H27N5O3/c1-20(2,3)28-19(26)25-9-8-24-11-14(25)12-27-18-15(10-21)16(6-7-17(18)24)22-13-23(4)5/h6-7,13-14H,8-9,11-12H2,1-5H3/t14-/m1/s1. The maximum Gasteiger partial charge on any atom is 0.410 e. The molecule has 150 valence electrons. The molecule has 8 nitrogen and oxygen atoms in total. The van der Waals surface area contributed by atoms with Crippen molar-refractivity contribution in [1.82, 2.24) is 9.80 Å². The van der Waals surface area contributed by atoms with E-state index in [1.54, 1.807) is 11.2 Å². The number of aliphatic imine (C=N–C) groups is 1. The lowest BCUT2D eigenvalue weighted by atomic mass is 10.1. The van der Waals surface area contributed by atoms with Crippen LogP contribution in [0.4, 0.5) is 16.2 Å².